The number of hydrogen-bond donors (Lipinski definition) is 2. The van der Waals surface area contributed by atoms with Crippen LogP contribution in [-0.4, -0.2) is 49.2 Å². The second-order valence-corrected chi connectivity index (χ2v) is 6.43. The molecule has 32 heavy (non-hydrogen) atoms. The summed E-state index contributed by atoms with van der Waals surface area (Å²) in [6, 6.07) is 9.17. The molecule has 1 rings (SSSR count). The highest BCUT2D eigenvalue weighted by Gasteiger charge is 2.11. The second-order valence-electron chi connectivity index (χ2n) is 6.43. The lowest BCUT2D eigenvalue weighted by Crippen LogP contribution is -2.13. The fraction of sp³-hybridized carbons (Fsp3) is 0.593. The SMILES string of the molecule is C=CC.C=CC.CCCCC(CC)COC(=O)c1ccccc1.CCOCC.OCCO. The van der Waals surface area contributed by atoms with E-state index in [9.17, 15) is 4.79 Å². The molecule has 5 nitrogen and oxygen atoms in total. The van der Waals surface area contributed by atoms with E-state index >= 15 is 0 Å². The average molecular weight is 455 g/mol. The van der Waals surface area contributed by atoms with Crippen molar-refractivity contribution in [2.45, 2.75) is 67.2 Å². The second kappa shape index (κ2) is 36.4. The molecule has 1 atom stereocenters. The lowest BCUT2D eigenvalue weighted by molar-refractivity contribution is 0.0428. The first-order valence-electron chi connectivity index (χ1n) is 11.6. The molecule has 0 aliphatic heterocycles. The molecule has 0 bridgehead atoms. The fourth-order valence-corrected chi connectivity index (χ4v) is 1.95. The molecule has 1 unspecified atom stereocenters. The van der Waals surface area contributed by atoms with Gasteiger partial charge in [0.15, 0.2) is 0 Å². The number of aliphatic hydroxyl groups is 2. The van der Waals surface area contributed by atoms with Crippen LogP contribution in [0.2, 0.25) is 0 Å². The van der Waals surface area contributed by atoms with Crippen molar-refractivity contribution >= 4 is 5.97 Å². The van der Waals surface area contributed by atoms with Crippen LogP contribution >= 0.6 is 0 Å². The highest BCUT2D eigenvalue weighted by molar-refractivity contribution is 5.89. The number of esters is 1. The zero-order valence-corrected chi connectivity index (χ0v) is 21.5. The third kappa shape index (κ3) is 35.5. The van der Waals surface area contributed by atoms with E-state index in [2.05, 4.69) is 27.0 Å². The van der Waals surface area contributed by atoms with Crippen LogP contribution in [0.4, 0.5) is 0 Å². The van der Waals surface area contributed by atoms with Gasteiger partial charge in [-0.05, 0) is 52.2 Å². The molecule has 1 aromatic carbocycles. The van der Waals surface area contributed by atoms with E-state index in [4.69, 9.17) is 19.7 Å². The van der Waals surface area contributed by atoms with Gasteiger partial charge in [0.05, 0.1) is 25.4 Å². The summed E-state index contributed by atoms with van der Waals surface area (Å²) in [6.45, 7) is 20.8. The zero-order valence-electron chi connectivity index (χ0n) is 21.5. The van der Waals surface area contributed by atoms with E-state index in [1.807, 2.05) is 45.9 Å². The Hall–Kier alpha value is -1.95. The van der Waals surface area contributed by atoms with Gasteiger partial charge in [-0.3, -0.25) is 0 Å². The van der Waals surface area contributed by atoms with Crippen LogP contribution in [-0.2, 0) is 9.47 Å². The number of hydrogen-bond acceptors (Lipinski definition) is 5. The summed E-state index contributed by atoms with van der Waals surface area (Å²) in [4.78, 5) is 11.7. The number of aliphatic hydroxyl groups excluding tert-OH is 2. The molecule has 1 aromatic rings. The molecule has 0 saturated heterocycles. The maximum absolute atomic E-state index is 11.7. The van der Waals surface area contributed by atoms with Crippen molar-refractivity contribution in [1.82, 2.24) is 0 Å². The molecular weight excluding hydrogens is 404 g/mol. The number of ether oxygens (including phenoxy) is 2. The van der Waals surface area contributed by atoms with Gasteiger partial charge in [0.2, 0.25) is 0 Å². The molecule has 0 spiro atoms. The van der Waals surface area contributed by atoms with E-state index in [0.717, 1.165) is 26.1 Å². The number of benzene rings is 1. The van der Waals surface area contributed by atoms with Crippen molar-refractivity contribution in [3.63, 3.8) is 0 Å². The molecule has 5 heteroatoms. The highest BCUT2D eigenvalue weighted by Crippen LogP contribution is 2.13. The molecule has 2 N–H and O–H groups in total. The predicted octanol–water partition coefficient (Wildman–Crippen LogP) is 6.46. The number of carbonyl (C=O) groups is 1. The summed E-state index contributed by atoms with van der Waals surface area (Å²) in [6.07, 6.45) is 8.13. The monoisotopic (exact) mass is 454 g/mol. The van der Waals surface area contributed by atoms with Gasteiger partial charge in [-0.15, -0.1) is 13.2 Å². The summed E-state index contributed by atoms with van der Waals surface area (Å²) in [5, 5.41) is 15.2. The molecule has 0 fully saturated rings. The van der Waals surface area contributed by atoms with E-state index in [0.29, 0.717) is 18.1 Å². The molecular formula is C27H50O5. The quantitative estimate of drug-likeness (QED) is 0.313. The first-order valence-corrected chi connectivity index (χ1v) is 11.6. The third-order valence-electron chi connectivity index (χ3n) is 3.51. The Morgan fingerprint density at radius 3 is 1.75 bits per heavy atom. The van der Waals surface area contributed by atoms with Gasteiger partial charge in [0.1, 0.15) is 0 Å². The zero-order chi connectivity index (χ0) is 25.5. The molecule has 0 aliphatic carbocycles. The number of carbonyl (C=O) groups excluding carboxylic acids is 1. The minimum atomic E-state index is -0.208. The summed E-state index contributed by atoms with van der Waals surface area (Å²) < 4.78 is 10.2. The summed E-state index contributed by atoms with van der Waals surface area (Å²) >= 11 is 0. The van der Waals surface area contributed by atoms with Crippen LogP contribution in [0.25, 0.3) is 0 Å². The van der Waals surface area contributed by atoms with Crippen molar-refractivity contribution in [2.24, 2.45) is 5.92 Å². The van der Waals surface area contributed by atoms with Gasteiger partial charge in [0.25, 0.3) is 0 Å². The predicted molar refractivity (Wildman–Crippen MR) is 138 cm³/mol. The number of rotatable bonds is 10. The fourth-order valence-electron chi connectivity index (χ4n) is 1.95. The van der Waals surface area contributed by atoms with Gasteiger partial charge in [0, 0.05) is 13.2 Å². The molecule has 0 saturated carbocycles. The van der Waals surface area contributed by atoms with Gasteiger partial charge in [-0.2, -0.15) is 0 Å². The normalized spacial score (nSPS) is 9.50. The van der Waals surface area contributed by atoms with Gasteiger partial charge < -0.3 is 19.7 Å². The van der Waals surface area contributed by atoms with Gasteiger partial charge >= 0.3 is 5.97 Å². The highest BCUT2D eigenvalue weighted by atomic mass is 16.5. The largest absolute Gasteiger partial charge is 0.462 e. The number of allylic oxidation sites excluding steroid dienone is 2. The minimum absolute atomic E-state index is 0.125. The van der Waals surface area contributed by atoms with E-state index in [1.54, 1.807) is 24.3 Å². The van der Waals surface area contributed by atoms with Crippen LogP contribution < -0.4 is 0 Å². The average Bonchev–Trinajstić information content (AvgIpc) is 2.82. The Morgan fingerprint density at radius 2 is 1.44 bits per heavy atom. The van der Waals surface area contributed by atoms with Crippen molar-refractivity contribution in [3.05, 3.63) is 61.2 Å². The Balaban J connectivity index is -0.000000214. The van der Waals surface area contributed by atoms with Crippen molar-refractivity contribution in [3.8, 4) is 0 Å². The lowest BCUT2D eigenvalue weighted by Gasteiger charge is -2.14. The van der Waals surface area contributed by atoms with Crippen LogP contribution in [0.15, 0.2) is 55.6 Å². The topological polar surface area (TPSA) is 76.0 Å². The maximum Gasteiger partial charge on any atom is 0.338 e. The molecule has 0 radical (unpaired) electrons. The van der Waals surface area contributed by atoms with Gasteiger partial charge in [-0.1, -0.05) is 63.5 Å². The Labute approximate surface area is 198 Å². The van der Waals surface area contributed by atoms with Crippen molar-refractivity contribution in [1.29, 1.82) is 0 Å². The minimum Gasteiger partial charge on any atom is -0.462 e. The third-order valence-corrected chi connectivity index (χ3v) is 3.51. The van der Waals surface area contributed by atoms with E-state index < -0.39 is 0 Å². The molecule has 0 heterocycles. The van der Waals surface area contributed by atoms with Crippen LogP contribution in [0, 0.1) is 5.92 Å². The van der Waals surface area contributed by atoms with Crippen LogP contribution in [0.5, 0.6) is 0 Å². The lowest BCUT2D eigenvalue weighted by atomic mass is 10.0. The summed E-state index contributed by atoms with van der Waals surface area (Å²) in [5.41, 5.74) is 0.637. The van der Waals surface area contributed by atoms with Crippen LogP contribution in [0.3, 0.4) is 0 Å². The standard InChI is InChI=1S/C15H22O2.C4H10O.2C3H6.C2H6O2/c1-3-5-9-13(4-2)12-17-15(16)14-10-7-6-8-11-14;1-3-5-4-2;2*1-3-2;3-1-2-4/h6-8,10-11,13H,3-5,9,12H2,1-2H3;3-4H2,1-2H3;2*3H,1H2,2H3;3-4H,1-2H2. The molecule has 0 amide bonds. The number of unbranched alkanes of at least 4 members (excludes halogenated alkanes) is 1. The Kier molecular flexibility index (Phi) is 42.5. The van der Waals surface area contributed by atoms with E-state index in [1.165, 1.54) is 12.8 Å². The molecule has 0 aromatic heterocycles. The van der Waals surface area contributed by atoms with Crippen molar-refractivity contribution < 1.29 is 24.5 Å². The molecule has 188 valence electrons. The Bertz CT molecular complexity index is 464. The Morgan fingerprint density at radius 1 is 0.969 bits per heavy atom. The first kappa shape index (κ1) is 37.4. The van der Waals surface area contributed by atoms with Crippen LogP contribution in [0.1, 0.15) is 77.6 Å². The smallest absolute Gasteiger partial charge is 0.338 e. The molecule has 0 aliphatic rings. The van der Waals surface area contributed by atoms with Crippen molar-refractivity contribution in [2.75, 3.05) is 33.0 Å². The van der Waals surface area contributed by atoms with Gasteiger partial charge in [-0.25, -0.2) is 4.79 Å². The van der Waals surface area contributed by atoms with E-state index in [-0.39, 0.29) is 19.2 Å². The summed E-state index contributed by atoms with van der Waals surface area (Å²) in [5.74, 6) is 0.295. The maximum atomic E-state index is 11.7. The summed E-state index contributed by atoms with van der Waals surface area (Å²) in [7, 11) is 0. The first-order chi connectivity index (χ1) is 15.4.